The van der Waals surface area contributed by atoms with Gasteiger partial charge in [-0.3, -0.25) is 14.2 Å². The molecule has 1 aromatic carbocycles. The van der Waals surface area contributed by atoms with Gasteiger partial charge in [-0.05, 0) is 18.6 Å². The molecule has 0 atom stereocenters. The van der Waals surface area contributed by atoms with Crippen LogP contribution in [-0.2, 0) is 17.9 Å². The summed E-state index contributed by atoms with van der Waals surface area (Å²) in [6.45, 7) is 0.823. The number of aliphatic carboxylic acids is 1. The molecular weight excluding hydrogens is 278 g/mol. The van der Waals surface area contributed by atoms with Crippen LogP contribution in [0.15, 0.2) is 29.1 Å². The first-order valence-corrected chi connectivity index (χ1v) is 7.15. The van der Waals surface area contributed by atoms with E-state index in [4.69, 9.17) is 9.84 Å². The third-order valence-electron chi connectivity index (χ3n) is 3.24. The van der Waals surface area contributed by atoms with Crippen molar-refractivity contribution in [3.05, 3.63) is 38.8 Å². The van der Waals surface area contributed by atoms with E-state index in [9.17, 15) is 9.59 Å². The molecule has 0 amide bonds. The summed E-state index contributed by atoms with van der Waals surface area (Å²) in [5.41, 5.74) is 1.79. The molecule has 0 radical (unpaired) electrons. The Labute approximate surface area is 119 Å². The maximum absolute atomic E-state index is 12.1. The van der Waals surface area contributed by atoms with Crippen LogP contribution in [0.2, 0.25) is 0 Å². The van der Waals surface area contributed by atoms with Crippen LogP contribution in [0.25, 0.3) is 11.3 Å². The molecule has 0 saturated carbocycles. The van der Waals surface area contributed by atoms with Gasteiger partial charge in [0.15, 0.2) is 0 Å². The van der Waals surface area contributed by atoms with Crippen molar-refractivity contribution in [2.24, 2.45) is 0 Å². The first-order chi connectivity index (χ1) is 9.66. The maximum atomic E-state index is 12.1. The molecule has 1 aromatic heterocycles. The number of carboxylic acid groups (broad SMARTS) is 1. The number of fused-ring (bicyclic) bond motifs is 3. The van der Waals surface area contributed by atoms with E-state index in [1.165, 1.54) is 11.3 Å². The van der Waals surface area contributed by atoms with Crippen molar-refractivity contribution >= 4 is 17.3 Å². The zero-order valence-electron chi connectivity index (χ0n) is 10.7. The Morgan fingerprint density at radius 1 is 1.40 bits per heavy atom. The van der Waals surface area contributed by atoms with Crippen LogP contribution in [0, 0.1) is 0 Å². The number of aromatic nitrogens is 1. The SMILES string of the molecule is O=C(O)CCCn1c2c(sc1=O)COc1ccccc1-2. The fourth-order valence-corrected chi connectivity index (χ4v) is 3.31. The molecule has 0 unspecified atom stereocenters. The summed E-state index contributed by atoms with van der Waals surface area (Å²) in [7, 11) is 0. The minimum Gasteiger partial charge on any atom is -0.487 e. The molecule has 1 N–H and O–H groups in total. The summed E-state index contributed by atoms with van der Waals surface area (Å²) in [5.74, 6) is -0.0735. The van der Waals surface area contributed by atoms with E-state index >= 15 is 0 Å². The number of rotatable bonds is 4. The van der Waals surface area contributed by atoms with E-state index in [0.29, 0.717) is 19.6 Å². The lowest BCUT2D eigenvalue weighted by atomic mass is 10.1. The third-order valence-corrected chi connectivity index (χ3v) is 4.19. The van der Waals surface area contributed by atoms with Gasteiger partial charge in [-0.2, -0.15) is 0 Å². The second kappa shape index (κ2) is 5.13. The molecular formula is C14H13NO4S. The summed E-state index contributed by atoms with van der Waals surface area (Å²) in [4.78, 5) is 23.5. The molecule has 0 fully saturated rings. The predicted molar refractivity (Wildman–Crippen MR) is 75.2 cm³/mol. The first kappa shape index (κ1) is 12.9. The van der Waals surface area contributed by atoms with Crippen LogP contribution in [-0.4, -0.2) is 15.6 Å². The monoisotopic (exact) mass is 291 g/mol. The molecule has 104 valence electrons. The van der Waals surface area contributed by atoms with Gasteiger partial charge in [0, 0.05) is 18.5 Å². The molecule has 5 nitrogen and oxygen atoms in total. The molecule has 0 aliphatic carbocycles. The van der Waals surface area contributed by atoms with Gasteiger partial charge in [-0.15, -0.1) is 0 Å². The number of nitrogens with zero attached hydrogens (tertiary/aromatic N) is 1. The Morgan fingerprint density at radius 3 is 3.00 bits per heavy atom. The summed E-state index contributed by atoms with van der Waals surface area (Å²) in [6.07, 6.45) is 0.511. The Balaban J connectivity index is 1.99. The largest absolute Gasteiger partial charge is 0.487 e. The van der Waals surface area contributed by atoms with Crippen LogP contribution in [0.3, 0.4) is 0 Å². The highest BCUT2D eigenvalue weighted by atomic mass is 32.1. The van der Waals surface area contributed by atoms with Crippen LogP contribution in [0.4, 0.5) is 0 Å². The normalized spacial score (nSPS) is 12.4. The molecule has 0 spiro atoms. The van der Waals surface area contributed by atoms with Crippen LogP contribution >= 0.6 is 11.3 Å². The number of carbonyl (C=O) groups is 1. The van der Waals surface area contributed by atoms with E-state index in [0.717, 1.165) is 21.9 Å². The Kier molecular flexibility index (Phi) is 3.31. The minimum atomic E-state index is -0.842. The number of carboxylic acids is 1. The number of hydrogen-bond donors (Lipinski definition) is 1. The average Bonchev–Trinajstić information content (AvgIpc) is 2.75. The highest BCUT2D eigenvalue weighted by molar-refractivity contribution is 7.09. The molecule has 6 heteroatoms. The van der Waals surface area contributed by atoms with Gasteiger partial charge in [-0.25, -0.2) is 0 Å². The van der Waals surface area contributed by atoms with Gasteiger partial charge in [0.25, 0.3) is 0 Å². The van der Waals surface area contributed by atoms with Gasteiger partial charge >= 0.3 is 10.8 Å². The Bertz CT molecular complexity index is 716. The van der Waals surface area contributed by atoms with Crippen molar-refractivity contribution in [2.45, 2.75) is 26.0 Å². The molecule has 2 aromatic rings. The number of thiazole rings is 1. The molecule has 2 heterocycles. The van der Waals surface area contributed by atoms with Gasteiger partial charge in [-0.1, -0.05) is 23.5 Å². The highest BCUT2D eigenvalue weighted by Gasteiger charge is 2.23. The van der Waals surface area contributed by atoms with Gasteiger partial charge in [0.05, 0.1) is 10.6 Å². The van der Waals surface area contributed by atoms with Gasteiger partial charge in [0.2, 0.25) is 0 Å². The first-order valence-electron chi connectivity index (χ1n) is 6.33. The fraction of sp³-hybridized carbons (Fsp3) is 0.286. The lowest BCUT2D eigenvalue weighted by Crippen LogP contribution is -2.16. The van der Waals surface area contributed by atoms with Crippen LogP contribution < -0.4 is 9.61 Å². The van der Waals surface area contributed by atoms with E-state index in [-0.39, 0.29) is 11.3 Å². The van der Waals surface area contributed by atoms with E-state index in [2.05, 4.69) is 0 Å². The quantitative estimate of drug-likeness (QED) is 0.938. The third kappa shape index (κ3) is 2.22. The lowest BCUT2D eigenvalue weighted by Gasteiger charge is -2.19. The second-order valence-electron chi connectivity index (χ2n) is 4.57. The summed E-state index contributed by atoms with van der Waals surface area (Å²) >= 11 is 1.17. The fourth-order valence-electron chi connectivity index (χ4n) is 2.37. The number of ether oxygens (including phenoxy) is 1. The van der Waals surface area contributed by atoms with Crippen molar-refractivity contribution in [2.75, 3.05) is 0 Å². The zero-order valence-corrected chi connectivity index (χ0v) is 11.5. The van der Waals surface area contributed by atoms with E-state index in [1.54, 1.807) is 4.57 Å². The summed E-state index contributed by atoms with van der Waals surface area (Å²) in [6, 6.07) is 7.60. The molecule has 1 aliphatic heterocycles. The second-order valence-corrected chi connectivity index (χ2v) is 5.62. The smallest absolute Gasteiger partial charge is 0.307 e. The summed E-state index contributed by atoms with van der Waals surface area (Å²) in [5, 5.41) is 8.70. The van der Waals surface area contributed by atoms with Crippen molar-refractivity contribution in [1.82, 2.24) is 4.57 Å². The number of para-hydroxylation sites is 1. The Hall–Kier alpha value is -2.08. The standard InChI is InChI=1S/C14H13NO4S/c16-12(17)6-3-7-15-13-9-4-1-2-5-10(9)19-8-11(13)20-14(15)18/h1-2,4-5H,3,6-8H2,(H,16,17). The summed E-state index contributed by atoms with van der Waals surface area (Å²) < 4.78 is 7.30. The van der Waals surface area contributed by atoms with Crippen molar-refractivity contribution in [3.8, 4) is 17.0 Å². The highest BCUT2D eigenvalue weighted by Crippen LogP contribution is 2.38. The average molecular weight is 291 g/mol. The van der Waals surface area contributed by atoms with Crippen molar-refractivity contribution in [1.29, 1.82) is 0 Å². The molecule has 0 bridgehead atoms. The van der Waals surface area contributed by atoms with Crippen molar-refractivity contribution in [3.63, 3.8) is 0 Å². The van der Waals surface area contributed by atoms with Gasteiger partial charge in [0.1, 0.15) is 12.4 Å². The van der Waals surface area contributed by atoms with Crippen molar-refractivity contribution < 1.29 is 14.6 Å². The van der Waals surface area contributed by atoms with Crippen LogP contribution in [0.5, 0.6) is 5.75 Å². The maximum Gasteiger partial charge on any atom is 0.307 e. The zero-order chi connectivity index (χ0) is 14.1. The van der Waals surface area contributed by atoms with E-state index < -0.39 is 5.97 Å². The van der Waals surface area contributed by atoms with Crippen LogP contribution in [0.1, 0.15) is 17.7 Å². The number of hydrogen-bond acceptors (Lipinski definition) is 4. The predicted octanol–water partition coefficient (Wildman–Crippen LogP) is 2.33. The molecule has 20 heavy (non-hydrogen) atoms. The Morgan fingerprint density at radius 2 is 2.20 bits per heavy atom. The molecule has 1 aliphatic rings. The topological polar surface area (TPSA) is 68.5 Å². The minimum absolute atomic E-state index is 0.0549. The van der Waals surface area contributed by atoms with Gasteiger partial charge < -0.3 is 9.84 Å². The molecule has 0 saturated heterocycles. The van der Waals surface area contributed by atoms with E-state index in [1.807, 2.05) is 24.3 Å². The number of benzene rings is 1. The molecule has 3 rings (SSSR count). The lowest BCUT2D eigenvalue weighted by molar-refractivity contribution is -0.137.